The largest absolute Gasteiger partial charge is 0.497 e. The molecule has 0 saturated heterocycles. The van der Waals surface area contributed by atoms with E-state index in [4.69, 9.17) is 0 Å². The van der Waals surface area contributed by atoms with Crippen molar-refractivity contribution < 1.29 is 35.9 Å². The van der Waals surface area contributed by atoms with Crippen molar-refractivity contribution in [1.29, 1.82) is 0 Å². The molecule has 0 atom stereocenters. The molecule has 2 nitrogen and oxygen atoms in total. The van der Waals surface area contributed by atoms with Crippen LogP contribution in [0, 0.1) is 5.82 Å². The fourth-order valence-corrected chi connectivity index (χ4v) is 1.12. The highest BCUT2D eigenvalue weighted by molar-refractivity contribution is 6.02. The molecule has 8 heteroatoms. The molecule has 0 saturated carbocycles. The first kappa shape index (κ1) is 14.3. The number of Topliss-reactive ketones (excluding diaryl/α,β-unsaturated/α-hetero) is 1. The van der Waals surface area contributed by atoms with Crippen molar-refractivity contribution in [1.82, 2.24) is 0 Å². The normalized spacial score (nSPS) is 12.4. The van der Waals surface area contributed by atoms with Gasteiger partial charge in [0.2, 0.25) is 5.78 Å². The summed E-state index contributed by atoms with van der Waals surface area (Å²) in [5.41, 5.74) is -1.12. The van der Waals surface area contributed by atoms with E-state index in [1.165, 1.54) is 0 Å². The van der Waals surface area contributed by atoms with Gasteiger partial charge in [-0.15, -0.1) is 0 Å². The van der Waals surface area contributed by atoms with Gasteiger partial charge in [-0.3, -0.25) is 4.79 Å². The first-order chi connectivity index (χ1) is 8.09. The number of alkyl halides is 5. The van der Waals surface area contributed by atoms with E-state index in [1.54, 1.807) is 0 Å². The molecule has 18 heavy (non-hydrogen) atoms. The van der Waals surface area contributed by atoms with E-state index in [0.717, 1.165) is 13.2 Å². The molecule has 0 N–H and O–H groups in total. The molecule has 1 rings (SSSR count). The Bertz CT molecular complexity index is 466. The molecule has 0 aliphatic rings. The summed E-state index contributed by atoms with van der Waals surface area (Å²) in [6.45, 7) is 0. The van der Waals surface area contributed by atoms with E-state index < -0.39 is 29.3 Å². The van der Waals surface area contributed by atoms with Crippen LogP contribution in [0.3, 0.4) is 0 Å². The van der Waals surface area contributed by atoms with Crippen LogP contribution in [0.5, 0.6) is 5.75 Å². The highest BCUT2D eigenvalue weighted by Gasteiger charge is 2.63. The van der Waals surface area contributed by atoms with Gasteiger partial charge in [-0.1, -0.05) is 0 Å². The van der Waals surface area contributed by atoms with Gasteiger partial charge in [0.05, 0.1) is 7.11 Å². The molecule has 0 heterocycles. The van der Waals surface area contributed by atoms with Crippen molar-refractivity contribution in [3.63, 3.8) is 0 Å². The average molecular weight is 272 g/mol. The predicted molar refractivity (Wildman–Crippen MR) is 48.3 cm³/mol. The van der Waals surface area contributed by atoms with Crippen molar-refractivity contribution in [3.05, 3.63) is 29.6 Å². The molecular weight excluding hydrogens is 266 g/mol. The van der Waals surface area contributed by atoms with Gasteiger partial charge in [0.1, 0.15) is 11.6 Å². The molecule has 100 valence electrons. The third-order valence-corrected chi connectivity index (χ3v) is 2.01. The number of hydrogen-bond acceptors (Lipinski definition) is 2. The van der Waals surface area contributed by atoms with Gasteiger partial charge in [-0.25, -0.2) is 4.39 Å². The predicted octanol–water partition coefficient (Wildman–Crippen LogP) is 3.21. The van der Waals surface area contributed by atoms with E-state index in [2.05, 4.69) is 4.74 Å². The van der Waals surface area contributed by atoms with E-state index in [9.17, 15) is 31.1 Å². The van der Waals surface area contributed by atoms with Crippen LogP contribution in [0.4, 0.5) is 26.3 Å². The first-order valence-electron chi connectivity index (χ1n) is 4.43. The maximum atomic E-state index is 12.9. The molecule has 0 aliphatic heterocycles. The Morgan fingerprint density at radius 2 is 1.67 bits per heavy atom. The van der Waals surface area contributed by atoms with Gasteiger partial charge in [0.15, 0.2) is 0 Å². The summed E-state index contributed by atoms with van der Waals surface area (Å²) < 4.78 is 78.7. The molecule has 0 aliphatic carbocycles. The third kappa shape index (κ3) is 2.57. The number of halogens is 6. The zero-order chi connectivity index (χ0) is 14.1. The summed E-state index contributed by atoms with van der Waals surface area (Å²) in [5, 5.41) is 0. The van der Waals surface area contributed by atoms with E-state index in [1.807, 2.05) is 0 Å². The molecular formula is C10H6F6O2. The van der Waals surface area contributed by atoms with Crippen LogP contribution in [-0.4, -0.2) is 25.0 Å². The van der Waals surface area contributed by atoms with Crippen molar-refractivity contribution in [2.75, 3.05) is 7.11 Å². The third-order valence-electron chi connectivity index (χ3n) is 2.01. The lowest BCUT2D eigenvalue weighted by Crippen LogP contribution is -2.44. The minimum Gasteiger partial charge on any atom is -0.497 e. The molecule has 0 amide bonds. The van der Waals surface area contributed by atoms with E-state index in [0.29, 0.717) is 6.07 Å². The van der Waals surface area contributed by atoms with Crippen LogP contribution in [-0.2, 0) is 0 Å². The minimum absolute atomic E-state index is 0.282. The Kier molecular flexibility index (Phi) is 3.59. The number of methoxy groups -OCH3 is 1. The number of rotatable bonds is 3. The van der Waals surface area contributed by atoms with Gasteiger partial charge in [-0.2, -0.15) is 22.0 Å². The highest BCUT2D eigenvalue weighted by atomic mass is 19.4. The summed E-state index contributed by atoms with van der Waals surface area (Å²) >= 11 is 0. The van der Waals surface area contributed by atoms with Crippen LogP contribution in [0.15, 0.2) is 18.2 Å². The second-order valence-electron chi connectivity index (χ2n) is 3.28. The summed E-state index contributed by atoms with van der Waals surface area (Å²) in [6.07, 6.45) is -6.04. The SMILES string of the molecule is COc1cc(F)cc(C(=O)C(F)(F)C(F)(F)F)c1. The summed E-state index contributed by atoms with van der Waals surface area (Å²) in [4.78, 5) is 11.0. The fourth-order valence-electron chi connectivity index (χ4n) is 1.12. The Labute approximate surface area is 97.2 Å². The number of ether oxygens (including phenoxy) is 1. The first-order valence-corrected chi connectivity index (χ1v) is 4.43. The quantitative estimate of drug-likeness (QED) is 0.623. The lowest BCUT2D eigenvalue weighted by Gasteiger charge is -2.18. The lowest BCUT2D eigenvalue weighted by molar-refractivity contribution is -0.255. The number of hydrogen-bond donors (Lipinski definition) is 0. The fraction of sp³-hybridized carbons (Fsp3) is 0.300. The maximum Gasteiger partial charge on any atom is 0.461 e. The monoisotopic (exact) mass is 272 g/mol. The maximum absolute atomic E-state index is 12.9. The van der Waals surface area contributed by atoms with Gasteiger partial charge < -0.3 is 4.74 Å². The molecule has 1 aromatic rings. The molecule has 1 aromatic carbocycles. The standard InChI is InChI=1S/C10H6F6O2/c1-18-7-3-5(2-6(11)4-7)8(17)9(12,13)10(14,15)16/h2-4H,1H3. The molecule has 0 radical (unpaired) electrons. The van der Waals surface area contributed by atoms with Crippen LogP contribution < -0.4 is 4.74 Å². The van der Waals surface area contributed by atoms with Crippen LogP contribution >= 0.6 is 0 Å². The summed E-state index contributed by atoms with van der Waals surface area (Å²) in [5.74, 6) is -9.61. The minimum atomic E-state index is -6.04. The second kappa shape index (κ2) is 4.51. The number of benzene rings is 1. The second-order valence-corrected chi connectivity index (χ2v) is 3.28. The molecule has 0 unspecified atom stereocenters. The van der Waals surface area contributed by atoms with Crippen LogP contribution in [0.1, 0.15) is 10.4 Å². The van der Waals surface area contributed by atoms with Crippen LogP contribution in [0.25, 0.3) is 0 Å². The number of carbonyl (C=O) groups excluding carboxylic acids is 1. The molecule has 0 spiro atoms. The topological polar surface area (TPSA) is 26.3 Å². The average Bonchev–Trinajstić information content (AvgIpc) is 2.25. The lowest BCUT2D eigenvalue weighted by atomic mass is 10.0. The Balaban J connectivity index is 3.23. The van der Waals surface area contributed by atoms with Crippen molar-refractivity contribution in [2.45, 2.75) is 12.1 Å². The van der Waals surface area contributed by atoms with Gasteiger partial charge >= 0.3 is 12.1 Å². The van der Waals surface area contributed by atoms with E-state index in [-0.39, 0.29) is 11.8 Å². The van der Waals surface area contributed by atoms with Gasteiger partial charge in [0.25, 0.3) is 0 Å². The molecule has 0 bridgehead atoms. The van der Waals surface area contributed by atoms with Gasteiger partial charge in [0, 0.05) is 11.6 Å². The summed E-state index contributed by atoms with van der Waals surface area (Å²) in [6, 6.07) is 1.62. The summed E-state index contributed by atoms with van der Waals surface area (Å²) in [7, 11) is 1.05. The molecule has 0 aromatic heterocycles. The van der Waals surface area contributed by atoms with Crippen LogP contribution in [0.2, 0.25) is 0 Å². The highest BCUT2D eigenvalue weighted by Crippen LogP contribution is 2.38. The van der Waals surface area contributed by atoms with Crippen molar-refractivity contribution >= 4 is 5.78 Å². The zero-order valence-electron chi connectivity index (χ0n) is 8.82. The number of ketones is 1. The molecule has 0 fully saturated rings. The van der Waals surface area contributed by atoms with E-state index >= 15 is 0 Å². The van der Waals surface area contributed by atoms with Crippen molar-refractivity contribution in [2.24, 2.45) is 0 Å². The Morgan fingerprint density at radius 1 is 1.11 bits per heavy atom. The Hall–Kier alpha value is -1.73. The van der Waals surface area contributed by atoms with Gasteiger partial charge in [-0.05, 0) is 12.1 Å². The number of carbonyl (C=O) groups is 1. The smallest absolute Gasteiger partial charge is 0.461 e. The van der Waals surface area contributed by atoms with Crippen molar-refractivity contribution in [3.8, 4) is 5.75 Å². The zero-order valence-corrected chi connectivity index (χ0v) is 8.82. The Morgan fingerprint density at radius 3 is 2.11 bits per heavy atom.